The molecule has 0 saturated carbocycles. The number of carbonyl (C=O) groups excluding carboxylic acids is 1. The lowest BCUT2D eigenvalue weighted by Gasteiger charge is -2.46. The van der Waals surface area contributed by atoms with Gasteiger partial charge in [-0.15, -0.1) is 0 Å². The van der Waals surface area contributed by atoms with Crippen molar-refractivity contribution in [2.75, 3.05) is 13.1 Å². The van der Waals surface area contributed by atoms with Gasteiger partial charge in [-0.05, 0) is 30.5 Å². The van der Waals surface area contributed by atoms with Gasteiger partial charge in [0.15, 0.2) is 11.6 Å². The summed E-state index contributed by atoms with van der Waals surface area (Å²) in [7, 11) is 0. The summed E-state index contributed by atoms with van der Waals surface area (Å²) >= 11 is 0. The largest absolute Gasteiger partial charge is 0.386 e. The fraction of sp³-hybridized carbons (Fsp3) is 0.533. The van der Waals surface area contributed by atoms with Crippen LogP contribution < -0.4 is 0 Å². The van der Waals surface area contributed by atoms with Gasteiger partial charge in [-0.25, -0.2) is 8.78 Å². The standard InChI is InChI=1S/C15H19F2NO2/c1-2-7-15(20)9-18(10-15)14(19)6-4-11-3-5-12(16)13(17)8-11/h3,5,8,20H,2,4,6-7,9-10H2,1H3. The van der Waals surface area contributed by atoms with Gasteiger partial charge in [0.1, 0.15) is 0 Å². The van der Waals surface area contributed by atoms with E-state index < -0.39 is 17.2 Å². The number of aryl methyl sites for hydroxylation is 1. The number of hydrogen-bond acceptors (Lipinski definition) is 2. The Kier molecular flexibility index (Phi) is 4.38. The van der Waals surface area contributed by atoms with Crippen molar-refractivity contribution in [2.24, 2.45) is 0 Å². The Balaban J connectivity index is 1.80. The second kappa shape index (κ2) is 5.87. The van der Waals surface area contributed by atoms with Gasteiger partial charge in [0, 0.05) is 6.42 Å². The molecule has 1 aromatic carbocycles. The molecular formula is C15H19F2NO2. The van der Waals surface area contributed by atoms with Gasteiger partial charge in [0.25, 0.3) is 0 Å². The molecule has 3 nitrogen and oxygen atoms in total. The molecule has 0 atom stereocenters. The van der Waals surface area contributed by atoms with Gasteiger partial charge in [0.05, 0.1) is 18.7 Å². The number of aliphatic hydroxyl groups is 1. The van der Waals surface area contributed by atoms with Gasteiger partial charge in [-0.1, -0.05) is 19.4 Å². The van der Waals surface area contributed by atoms with E-state index in [1.807, 2.05) is 6.92 Å². The van der Waals surface area contributed by atoms with Crippen LogP contribution in [0.2, 0.25) is 0 Å². The summed E-state index contributed by atoms with van der Waals surface area (Å²) in [5, 5.41) is 10.00. The Morgan fingerprint density at radius 1 is 1.35 bits per heavy atom. The molecule has 1 saturated heterocycles. The molecule has 0 bridgehead atoms. The van der Waals surface area contributed by atoms with Gasteiger partial charge >= 0.3 is 0 Å². The molecule has 1 fully saturated rings. The second-order valence-corrected chi connectivity index (χ2v) is 5.47. The van der Waals surface area contributed by atoms with Crippen LogP contribution in [0.5, 0.6) is 0 Å². The smallest absolute Gasteiger partial charge is 0.223 e. The molecule has 1 heterocycles. The Morgan fingerprint density at radius 3 is 2.65 bits per heavy atom. The summed E-state index contributed by atoms with van der Waals surface area (Å²) in [5.41, 5.74) is -0.131. The minimum Gasteiger partial charge on any atom is -0.386 e. The molecule has 0 aliphatic carbocycles. The summed E-state index contributed by atoms with van der Waals surface area (Å²) in [6.45, 7) is 2.74. The predicted octanol–water partition coefficient (Wildman–Crippen LogP) is 2.27. The zero-order valence-electron chi connectivity index (χ0n) is 11.5. The van der Waals surface area contributed by atoms with Crippen LogP contribution in [-0.2, 0) is 11.2 Å². The monoisotopic (exact) mass is 283 g/mol. The first-order chi connectivity index (χ1) is 9.43. The lowest BCUT2D eigenvalue weighted by molar-refractivity contribution is -0.156. The summed E-state index contributed by atoms with van der Waals surface area (Å²) in [5.74, 6) is -1.83. The van der Waals surface area contributed by atoms with Crippen molar-refractivity contribution in [3.05, 3.63) is 35.4 Å². The first-order valence-corrected chi connectivity index (χ1v) is 6.87. The predicted molar refractivity (Wildman–Crippen MR) is 71.1 cm³/mol. The fourth-order valence-corrected chi connectivity index (χ4v) is 2.57. The van der Waals surface area contributed by atoms with Crippen molar-refractivity contribution in [2.45, 2.75) is 38.2 Å². The number of benzene rings is 1. The molecule has 0 spiro atoms. The maximum atomic E-state index is 13.0. The quantitative estimate of drug-likeness (QED) is 0.900. The van der Waals surface area contributed by atoms with Crippen molar-refractivity contribution < 1.29 is 18.7 Å². The molecule has 20 heavy (non-hydrogen) atoms. The average molecular weight is 283 g/mol. The van der Waals surface area contributed by atoms with Crippen LogP contribution in [0.15, 0.2) is 18.2 Å². The van der Waals surface area contributed by atoms with Crippen LogP contribution in [0.25, 0.3) is 0 Å². The third-order valence-electron chi connectivity index (χ3n) is 3.65. The molecule has 1 aromatic rings. The molecule has 110 valence electrons. The van der Waals surface area contributed by atoms with Crippen LogP contribution >= 0.6 is 0 Å². The summed E-state index contributed by atoms with van der Waals surface area (Å²) in [4.78, 5) is 13.5. The number of likely N-dealkylation sites (tertiary alicyclic amines) is 1. The first kappa shape index (κ1) is 14.9. The Labute approximate surface area is 117 Å². The van der Waals surface area contributed by atoms with Gasteiger partial charge in [-0.3, -0.25) is 4.79 Å². The normalized spacial score (nSPS) is 16.9. The lowest BCUT2D eigenvalue weighted by atomic mass is 9.89. The molecule has 1 aliphatic heterocycles. The van der Waals surface area contributed by atoms with Crippen LogP contribution in [0.1, 0.15) is 31.7 Å². The lowest BCUT2D eigenvalue weighted by Crippen LogP contribution is -2.63. The van der Waals surface area contributed by atoms with Crippen LogP contribution in [0.4, 0.5) is 8.78 Å². The maximum Gasteiger partial charge on any atom is 0.223 e. The number of β-amino-alcohol motifs (C(OH)–C–C–N with tert-alkyl or cyclic N) is 1. The fourth-order valence-electron chi connectivity index (χ4n) is 2.57. The van der Waals surface area contributed by atoms with Crippen LogP contribution in [0.3, 0.4) is 0 Å². The molecule has 1 aliphatic rings. The molecule has 5 heteroatoms. The highest BCUT2D eigenvalue weighted by atomic mass is 19.2. The van der Waals surface area contributed by atoms with Gasteiger partial charge in [0.2, 0.25) is 5.91 Å². The summed E-state index contributed by atoms with van der Waals surface area (Å²) < 4.78 is 25.8. The molecule has 0 unspecified atom stereocenters. The number of rotatable bonds is 5. The highest BCUT2D eigenvalue weighted by molar-refractivity contribution is 5.77. The van der Waals surface area contributed by atoms with E-state index in [1.54, 1.807) is 4.90 Å². The number of hydrogen-bond donors (Lipinski definition) is 1. The Bertz CT molecular complexity index is 499. The van der Waals surface area contributed by atoms with Crippen molar-refractivity contribution in [1.29, 1.82) is 0 Å². The van der Waals surface area contributed by atoms with E-state index in [4.69, 9.17) is 0 Å². The van der Waals surface area contributed by atoms with Crippen LogP contribution in [0, 0.1) is 11.6 Å². The summed E-state index contributed by atoms with van der Waals surface area (Å²) in [6, 6.07) is 3.67. The minimum atomic E-state index is -0.892. The molecule has 0 radical (unpaired) electrons. The zero-order valence-corrected chi connectivity index (χ0v) is 11.5. The van der Waals surface area contributed by atoms with E-state index in [1.165, 1.54) is 6.07 Å². The second-order valence-electron chi connectivity index (χ2n) is 5.47. The third-order valence-corrected chi connectivity index (χ3v) is 3.65. The highest BCUT2D eigenvalue weighted by Gasteiger charge is 2.42. The van der Waals surface area contributed by atoms with E-state index >= 15 is 0 Å². The van der Waals surface area contributed by atoms with E-state index in [2.05, 4.69) is 0 Å². The number of amides is 1. The van der Waals surface area contributed by atoms with Crippen molar-refractivity contribution in [3.8, 4) is 0 Å². The van der Waals surface area contributed by atoms with Crippen molar-refractivity contribution in [1.82, 2.24) is 4.90 Å². The SMILES string of the molecule is CCCC1(O)CN(C(=O)CCc2ccc(F)c(F)c2)C1. The number of carbonyl (C=O) groups is 1. The Morgan fingerprint density at radius 2 is 2.05 bits per heavy atom. The first-order valence-electron chi connectivity index (χ1n) is 6.87. The third kappa shape index (κ3) is 3.33. The summed E-state index contributed by atoms with van der Waals surface area (Å²) in [6.07, 6.45) is 2.19. The van der Waals surface area contributed by atoms with Gasteiger partial charge < -0.3 is 10.0 Å². The van der Waals surface area contributed by atoms with E-state index in [9.17, 15) is 18.7 Å². The molecule has 1 amide bonds. The van der Waals surface area contributed by atoms with E-state index in [-0.39, 0.29) is 12.3 Å². The van der Waals surface area contributed by atoms with Crippen LogP contribution in [-0.4, -0.2) is 34.6 Å². The highest BCUT2D eigenvalue weighted by Crippen LogP contribution is 2.26. The Hall–Kier alpha value is -1.49. The molecule has 1 N–H and O–H groups in total. The zero-order chi connectivity index (χ0) is 14.8. The van der Waals surface area contributed by atoms with Gasteiger partial charge in [-0.2, -0.15) is 0 Å². The number of nitrogens with zero attached hydrogens (tertiary/aromatic N) is 1. The number of halogens is 2. The molecule has 2 rings (SSSR count). The maximum absolute atomic E-state index is 13.0. The van der Waals surface area contributed by atoms with E-state index in [0.29, 0.717) is 31.5 Å². The van der Waals surface area contributed by atoms with E-state index in [0.717, 1.165) is 18.6 Å². The van der Waals surface area contributed by atoms with Crippen molar-refractivity contribution >= 4 is 5.91 Å². The molecular weight excluding hydrogens is 264 g/mol. The minimum absolute atomic E-state index is 0.0597. The molecule has 0 aromatic heterocycles. The average Bonchev–Trinajstić information content (AvgIpc) is 2.37. The topological polar surface area (TPSA) is 40.5 Å². The van der Waals surface area contributed by atoms with Crippen molar-refractivity contribution in [3.63, 3.8) is 0 Å².